The SMILES string of the molecule is Cc1cc(N2CCN(C)CC2)c([N+](=O)[O-])cc1Br. The molecule has 1 aliphatic heterocycles. The Labute approximate surface area is 115 Å². The average Bonchev–Trinajstić information content (AvgIpc) is 2.33. The summed E-state index contributed by atoms with van der Waals surface area (Å²) in [5.74, 6) is 0. The zero-order valence-corrected chi connectivity index (χ0v) is 12.1. The van der Waals surface area contributed by atoms with Crippen molar-refractivity contribution in [3.8, 4) is 0 Å². The summed E-state index contributed by atoms with van der Waals surface area (Å²) in [5.41, 5.74) is 1.93. The van der Waals surface area contributed by atoms with Gasteiger partial charge in [0.15, 0.2) is 0 Å². The van der Waals surface area contributed by atoms with Crippen molar-refractivity contribution in [2.24, 2.45) is 0 Å². The van der Waals surface area contributed by atoms with Crippen LogP contribution in [-0.2, 0) is 0 Å². The van der Waals surface area contributed by atoms with Crippen molar-refractivity contribution < 1.29 is 4.92 Å². The van der Waals surface area contributed by atoms with Crippen LogP contribution < -0.4 is 4.90 Å². The Morgan fingerprint density at radius 2 is 1.89 bits per heavy atom. The molecule has 6 heteroatoms. The fraction of sp³-hybridized carbons (Fsp3) is 0.500. The van der Waals surface area contributed by atoms with E-state index in [2.05, 4.69) is 32.8 Å². The van der Waals surface area contributed by atoms with Gasteiger partial charge in [-0.3, -0.25) is 10.1 Å². The molecule has 1 saturated heterocycles. The number of benzene rings is 1. The first kappa shape index (κ1) is 13.3. The zero-order chi connectivity index (χ0) is 13.3. The summed E-state index contributed by atoms with van der Waals surface area (Å²) in [7, 11) is 2.07. The molecule has 18 heavy (non-hydrogen) atoms. The number of hydrogen-bond donors (Lipinski definition) is 0. The molecule has 98 valence electrons. The summed E-state index contributed by atoms with van der Waals surface area (Å²) in [6.45, 7) is 5.49. The van der Waals surface area contributed by atoms with E-state index in [1.165, 1.54) is 0 Å². The van der Waals surface area contributed by atoms with Gasteiger partial charge in [-0.1, -0.05) is 15.9 Å². The minimum Gasteiger partial charge on any atom is -0.363 e. The number of likely N-dealkylation sites (N-methyl/N-ethyl adjacent to an activating group) is 1. The van der Waals surface area contributed by atoms with Gasteiger partial charge >= 0.3 is 0 Å². The molecule has 0 unspecified atom stereocenters. The van der Waals surface area contributed by atoms with Crippen LogP contribution in [-0.4, -0.2) is 43.0 Å². The van der Waals surface area contributed by atoms with Crippen molar-refractivity contribution in [2.75, 3.05) is 38.1 Å². The average molecular weight is 314 g/mol. The lowest BCUT2D eigenvalue weighted by Crippen LogP contribution is -2.44. The number of piperazine rings is 1. The van der Waals surface area contributed by atoms with E-state index in [1.54, 1.807) is 6.07 Å². The van der Waals surface area contributed by atoms with Crippen LogP contribution in [0.2, 0.25) is 0 Å². The second-order valence-electron chi connectivity index (χ2n) is 4.64. The second kappa shape index (κ2) is 5.24. The van der Waals surface area contributed by atoms with Crippen LogP contribution >= 0.6 is 15.9 Å². The topological polar surface area (TPSA) is 49.6 Å². The molecule has 1 aromatic rings. The maximum absolute atomic E-state index is 11.1. The summed E-state index contributed by atoms with van der Waals surface area (Å²) in [6.07, 6.45) is 0. The number of hydrogen-bond acceptors (Lipinski definition) is 4. The highest BCUT2D eigenvalue weighted by molar-refractivity contribution is 9.10. The maximum Gasteiger partial charge on any atom is 0.293 e. The predicted molar refractivity (Wildman–Crippen MR) is 75.2 cm³/mol. The van der Waals surface area contributed by atoms with Crippen LogP contribution in [0.4, 0.5) is 11.4 Å². The highest BCUT2D eigenvalue weighted by Gasteiger charge is 2.23. The molecule has 0 bridgehead atoms. The molecule has 0 saturated carbocycles. The Morgan fingerprint density at radius 1 is 1.28 bits per heavy atom. The van der Waals surface area contributed by atoms with E-state index >= 15 is 0 Å². The van der Waals surface area contributed by atoms with E-state index in [0.717, 1.165) is 41.9 Å². The first-order valence-corrected chi connectivity index (χ1v) is 6.66. The van der Waals surface area contributed by atoms with Crippen LogP contribution in [0.15, 0.2) is 16.6 Å². The van der Waals surface area contributed by atoms with E-state index in [0.29, 0.717) is 0 Å². The van der Waals surface area contributed by atoms with Crippen molar-refractivity contribution in [2.45, 2.75) is 6.92 Å². The van der Waals surface area contributed by atoms with Gasteiger partial charge in [0.25, 0.3) is 5.69 Å². The van der Waals surface area contributed by atoms with E-state index in [9.17, 15) is 10.1 Å². The molecule has 1 heterocycles. The van der Waals surface area contributed by atoms with Crippen molar-refractivity contribution in [1.82, 2.24) is 4.90 Å². The highest BCUT2D eigenvalue weighted by Crippen LogP contribution is 2.34. The number of aryl methyl sites for hydroxylation is 1. The molecule has 0 radical (unpaired) electrons. The Balaban J connectivity index is 2.36. The third kappa shape index (κ3) is 2.64. The smallest absolute Gasteiger partial charge is 0.293 e. The molecule has 0 spiro atoms. The molecule has 0 N–H and O–H groups in total. The molecule has 2 rings (SSSR count). The van der Waals surface area contributed by atoms with Gasteiger partial charge in [-0.25, -0.2) is 0 Å². The quantitative estimate of drug-likeness (QED) is 0.621. The zero-order valence-electron chi connectivity index (χ0n) is 10.5. The number of rotatable bonds is 2. The summed E-state index contributed by atoms with van der Waals surface area (Å²) >= 11 is 3.35. The Morgan fingerprint density at radius 3 is 2.44 bits per heavy atom. The van der Waals surface area contributed by atoms with Gasteiger partial charge in [-0.15, -0.1) is 0 Å². The molecule has 1 fully saturated rings. The van der Waals surface area contributed by atoms with Crippen molar-refractivity contribution in [3.63, 3.8) is 0 Å². The predicted octanol–water partition coefficient (Wildman–Crippen LogP) is 2.42. The molecular weight excluding hydrogens is 298 g/mol. The summed E-state index contributed by atoms with van der Waals surface area (Å²) in [6, 6.07) is 3.50. The number of nitro benzene ring substituents is 1. The highest BCUT2D eigenvalue weighted by atomic mass is 79.9. The normalized spacial score (nSPS) is 16.9. The fourth-order valence-corrected chi connectivity index (χ4v) is 2.43. The van der Waals surface area contributed by atoms with E-state index in [-0.39, 0.29) is 10.6 Å². The van der Waals surface area contributed by atoms with Crippen LogP contribution in [0.5, 0.6) is 0 Å². The fourth-order valence-electron chi connectivity index (χ4n) is 2.10. The van der Waals surface area contributed by atoms with Crippen molar-refractivity contribution in [3.05, 3.63) is 32.3 Å². The van der Waals surface area contributed by atoms with Crippen molar-refractivity contribution in [1.29, 1.82) is 0 Å². The maximum atomic E-state index is 11.1. The Hall–Kier alpha value is -1.14. The van der Waals surface area contributed by atoms with E-state index in [4.69, 9.17) is 0 Å². The minimum atomic E-state index is -0.308. The first-order valence-electron chi connectivity index (χ1n) is 5.87. The number of anilines is 1. The first-order chi connectivity index (χ1) is 8.49. The minimum absolute atomic E-state index is 0.178. The van der Waals surface area contributed by atoms with Crippen LogP contribution in [0, 0.1) is 17.0 Å². The second-order valence-corrected chi connectivity index (χ2v) is 5.49. The molecule has 5 nitrogen and oxygen atoms in total. The van der Waals surface area contributed by atoms with Crippen LogP contribution in [0.1, 0.15) is 5.56 Å². The summed E-state index contributed by atoms with van der Waals surface area (Å²) in [5, 5.41) is 11.1. The summed E-state index contributed by atoms with van der Waals surface area (Å²) in [4.78, 5) is 15.2. The molecule has 0 aromatic heterocycles. The Kier molecular flexibility index (Phi) is 3.87. The molecular formula is C12H16BrN3O2. The largest absolute Gasteiger partial charge is 0.363 e. The Bertz CT molecular complexity index is 471. The lowest BCUT2D eigenvalue weighted by molar-refractivity contribution is -0.384. The van der Waals surface area contributed by atoms with Gasteiger partial charge in [0.05, 0.1) is 4.92 Å². The molecule has 0 aliphatic carbocycles. The molecule has 0 amide bonds. The molecule has 1 aliphatic rings. The third-order valence-corrected chi connectivity index (χ3v) is 4.15. The standard InChI is InChI=1S/C12H16BrN3O2/c1-9-7-11(12(16(17)18)8-10(9)13)15-5-3-14(2)4-6-15/h7-8H,3-6H2,1-2H3. The van der Waals surface area contributed by atoms with Crippen molar-refractivity contribution >= 4 is 27.3 Å². The lowest BCUT2D eigenvalue weighted by Gasteiger charge is -2.33. The number of nitrogens with zero attached hydrogens (tertiary/aromatic N) is 3. The van der Waals surface area contributed by atoms with Gasteiger partial charge in [0, 0.05) is 36.7 Å². The summed E-state index contributed by atoms with van der Waals surface area (Å²) < 4.78 is 0.784. The van der Waals surface area contributed by atoms with Gasteiger partial charge in [0.1, 0.15) is 5.69 Å². The molecule has 1 aromatic carbocycles. The van der Waals surface area contributed by atoms with E-state index < -0.39 is 0 Å². The molecule has 0 atom stereocenters. The van der Waals surface area contributed by atoms with E-state index in [1.807, 2.05) is 13.0 Å². The van der Waals surface area contributed by atoms with Gasteiger partial charge in [-0.2, -0.15) is 0 Å². The third-order valence-electron chi connectivity index (χ3n) is 3.30. The van der Waals surface area contributed by atoms with Crippen LogP contribution in [0.3, 0.4) is 0 Å². The lowest BCUT2D eigenvalue weighted by atomic mass is 10.1. The van der Waals surface area contributed by atoms with Gasteiger partial charge < -0.3 is 9.80 Å². The van der Waals surface area contributed by atoms with Gasteiger partial charge in [-0.05, 0) is 25.6 Å². The number of halogens is 1. The van der Waals surface area contributed by atoms with Crippen LogP contribution in [0.25, 0.3) is 0 Å². The monoisotopic (exact) mass is 313 g/mol. The van der Waals surface area contributed by atoms with Gasteiger partial charge in [0.2, 0.25) is 0 Å². The number of nitro groups is 1.